The van der Waals surface area contributed by atoms with Crippen LogP contribution in [0.4, 0.5) is 0 Å². The molecule has 14 bridgehead atoms. The lowest BCUT2D eigenvalue weighted by molar-refractivity contribution is -0.936. The van der Waals surface area contributed by atoms with Crippen LogP contribution < -0.4 is 26.1 Å². The SMILES string of the molecule is C.C1C2CC3CC1CC(C2)C3.C1C2CN3CC1CN(C2)C3.C1C2CN3CN1CN(C2)C3.C1CC[N+]2(C1)CCCC2.C1CC[N+]2(CC1)CCCCC2.C1C[NH+]2CCN1CC2.CCCC[N+]1(C)CCCCC1.c1ccc([P+](c2ccccc2)(c2ccccc2)c2ccccc2)cc1. The highest BCUT2D eigenvalue weighted by atomic mass is 31.2. The first-order valence-corrected chi connectivity index (χ1v) is 41.8. The van der Waals surface area contributed by atoms with Crippen LogP contribution >= 0.6 is 7.26 Å². The first kappa shape index (κ1) is 71.7. The van der Waals surface area contributed by atoms with Crippen LogP contribution in [0.2, 0.25) is 0 Å². The molecule has 4 aromatic carbocycles. The summed E-state index contributed by atoms with van der Waals surface area (Å²) in [5.74, 6) is 7.72. The van der Waals surface area contributed by atoms with E-state index in [0.717, 1.165) is 17.8 Å². The number of likely N-dealkylation sites (tertiary alicyclic amines) is 1. The minimum Gasteiger partial charge on any atom is -0.332 e. The van der Waals surface area contributed by atoms with Gasteiger partial charge < -0.3 is 18.3 Å². The van der Waals surface area contributed by atoms with Gasteiger partial charge in [-0.1, -0.05) is 93.6 Å². The highest BCUT2D eigenvalue weighted by Crippen LogP contribution is 2.55. The van der Waals surface area contributed by atoms with Crippen molar-refractivity contribution in [3.63, 3.8) is 0 Å². The average Bonchev–Trinajstić information content (AvgIpc) is 1.03. The molecule has 4 aliphatic carbocycles. The van der Waals surface area contributed by atoms with Crippen LogP contribution in [-0.2, 0) is 0 Å². The molecule has 0 atom stereocenters. The summed E-state index contributed by atoms with van der Waals surface area (Å²) in [6, 6.07) is 43.8. The van der Waals surface area contributed by atoms with Gasteiger partial charge >= 0.3 is 0 Å². The summed E-state index contributed by atoms with van der Waals surface area (Å²) in [5.41, 5.74) is 0. The van der Waals surface area contributed by atoms with Crippen molar-refractivity contribution in [3.05, 3.63) is 121 Å². The van der Waals surface area contributed by atoms with Gasteiger partial charge in [0.2, 0.25) is 0 Å². The fourth-order valence-electron chi connectivity index (χ4n) is 22.1. The maximum Gasteiger partial charge on any atom is 0.144 e. The summed E-state index contributed by atoms with van der Waals surface area (Å²) in [4.78, 5) is 17.3. The van der Waals surface area contributed by atoms with Crippen LogP contribution in [0, 0.1) is 41.4 Å². The molecular formula is C84H138N10P+5. The predicted molar refractivity (Wildman–Crippen MR) is 405 cm³/mol. The van der Waals surface area contributed by atoms with Gasteiger partial charge in [-0.05, 0) is 199 Å². The summed E-state index contributed by atoms with van der Waals surface area (Å²) in [6.45, 7) is 41.4. The van der Waals surface area contributed by atoms with E-state index in [1.54, 1.807) is 38.5 Å². The number of piperazine rings is 3. The van der Waals surface area contributed by atoms with Crippen LogP contribution in [0.25, 0.3) is 0 Å². The van der Waals surface area contributed by atoms with Gasteiger partial charge in [0.25, 0.3) is 0 Å². The van der Waals surface area contributed by atoms with E-state index in [1.165, 1.54) is 345 Å². The molecule has 4 aromatic rings. The van der Waals surface area contributed by atoms with Gasteiger partial charge in [0, 0.05) is 91.1 Å². The Labute approximate surface area is 582 Å². The molecule has 16 heterocycles. The highest BCUT2D eigenvalue weighted by molar-refractivity contribution is 8.01. The van der Waals surface area contributed by atoms with E-state index in [1.807, 2.05) is 4.90 Å². The predicted octanol–water partition coefficient (Wildman–Crippen LogP) is 11.6. The maximum atomic E-state index is 2.62. The van der Waals surface area contributed by atoms with E-state index in [9.17, 15) is 0 Å². The standard InChI is InChI=1S/C24H20P.C10H20N.C10H22N.C10H16.C8H14N2.C8H16N.C7H13N3.C6H12N2.CH4/c1-5-13-21(14-6-1)25(22-15-7-2-8-16-22,23-17-9-3-10-18-23)24-19-11-4-12-20-24;1-3-7-11(8-4-1)9-5-2-6-10-11;1-3-4-8-11(2)9-6-5-7-10-11;2*1-7-2-9-4-8(1)5-10(3-7)6-9;1-2-6-9(5-1)7-3-4-8-9;1-7-2-9-4-8(1)5-10(3-7)6-9;1-2-8-5-3-7(1)4-6-8;/h1-20H;1-10H2;3-10H2,1-2H3;7-10H,1-6H2;7-8H,1-6H2;1-8H2;7H,1-6H2;1-6H2;1H4/q3*+1;;;+1;;;/p+1. The van der Waals surface area contributed by atoms with Gasteiger partial charge in [-0.25, -0.2) is 0 Å². The fraction of sp³-hybridized carbons (Fsp3) is 0.714. The Hall–Kier alpha value is -3.09. The lowest BCUT2D eigenvalue weighted by atomic mass is 9.56. The molecule has 0 amide bonds. The Morgan fingerprint density at radius 3 is 0.874 bits per heavy atom. The van der Waals surface area contributed by atoms with Crippen molar-refractivity contribution < 1.29 is 18.3 Å². The Morgan fingerprint density at radius 1 is 0.337 bits per heavy atom. The number of quaternary nitrogens is 4. The zero-order valence-electron chi connectivity index (χ0n) is 59.9. The van der Waals surface area contributed by atoms with Gasteiger partial charge in [-0.2, -0.15) is 0 Å². The number of nitrogens with zero attached hydrogens (tertiary/aromatic N) is 9. The molecule has 95 heavy (non-hydrogen) atoms. The third-order valence-corrected chi connectivity index (χ3v) is 30.6. The summed E-state index contributed by atoms with van der Waals surface area (Å²) in [5, 5.41) is 5.55. The largest absolute Gasteiger partial charge is 0.332 e. The van der Waals surface area contributed by atoms with E-state index in [2.05, 4.69) is 165 Å². The number of benzene rings is 4. The van der Waals surface area contributed by atoms with E-state index in [0.29, 0.717) is 0 Å². The first-order chi connectivity index (χ1) is 46.2. The minimum atomic E-state index is -1.91. The molecule has 524 valence electrons. The third-order valence-electron chi connectivity index (χ3n) is 26.3. The first-order valence-electron chi connectivity index (χ1n) is 40.0. The van der Waals surface area contributed by atoms with E-state index in [4.69, 9.17) is 0 Å². The number of fused-ring (bicyclic) bond motifs is 3. The van der Waals surface area contributed by atoms with Gasteiger partial charge in [0.15, 0.2) is 0 Å². The van der Waals surface area contributed by atoms with Gasteiger partial charge in [0.05, 0.1) is 125 Å². The smallest absolute Gasteiger partial charge is 0.144 e. The van der Waals surface area contributed by atoms with Crippen molar-refractivity contribution in [2.24, 2.45) is 41.4 Å². The molecule has 2 spiro atoms. The zero-order valence-corrected chi connectivity index (χ0v) is 60.8. The van der Waals surface area contributed by atoms with Crippen LogP contribution in [0.3, 0.4) is 0 Å². The molecule has 24 rings (SSSR count). The normalized spacial score (nSPS) is 34.2. The van der Waals surface area contributed by atoms with Crippen LogP contribution in [0.15, 0.2) is 121 Å². The quantitative estimate of drug-likeness (QED) is 0.146. The number of rotatable bonds is 7. The second kappa shape index (κ2) is 35.0. The van der Waals surface area contributed by atoms with Crippen molar-refractivity contribution in [1.29, 1.82) is 0 Å². The second-order valence-electron chi connectivity index (χ2n) is 34.0. The van der Waals surface area contributed by atoms with Gasteiger partial charge in [-0.15, -0.1) is 0 Å². The number of piperidine rings is 5. The Morgan fingerprint density at radius 2 is 0.611 bits per heavy atom. The van der Waals surface area contributed by atoms with Crippen molar-refractivity contribution in [2.75, 3.05) is 191 Å². The molecule has 10 nitrogen and oxygen atoms in total. The molecule has 1 N–H and O–H groups in total. The molecule has 0 radical (unpaired) electrons. The van der Waals surface area contributed by atoms with Crippen LogP contribution in [-0.4, -0.2) is 234 Å². The van der Waals surface area contributed by atoms with Crippen molar-refractivity contribution in [1.82, 2.24) is 29.4 Å². The molecule has 16 aliphatic heterocycles. The van der Waals surface area contributed by atoms with E-state index >= 15 is 0 Å². The Bertz CT molecular complexity index is 2300. The summed E-state index contributed by atoms with van der Waals surface area (Å²) in [6.07, 6.45) is 33.3. The van der Waals surface area contributed by atoms with Crippen molar-refractivity contribution in [2.45, 2.75) is 156 Å². The Balaban J connectivity index is 0.000000107. The molecule has 0 unspecified atom stereocenters. The maximum absolute atomic E-state index is 2.62. The molecule has 4 saturated carbocycles. The molecule has 20 aliphatic rings. The molecule has 20 fully saturated rings. The summed E-state index contributed by atoms with van der Waals surface area (Å²) >= 11 is 0. The van der Waals surface area contributed by atoms with Crippen molar-refractivity contribution >= 4 is 28.5 Å². The van der Waals surface area contributed by atoms with Gasteiger partial charge in [0.1, 0.15) is 28.5 Å². The minimum absolute atomic E-state index is 0. The molecule has 0 aromatic heterocycles. The summed E-state index contributed by atoms with van der Waals surface area (Å²) in [7, 11) is 0.520. The second-order valence-corrected chi connectivity index (χ2v) is 37.4. The lowest BCUT2D eigenvalue weighted by Crippen LogP contribution is -3.17. The number of unbranched alkanes of at least 4 members (excludes halogenated alkanes) is 1. The molecule has 16 saturated heterocycles. The van der Waals surface area contributed by atoms with Crippen LogP contribution in [0.1, 0.15) is 156 Å². The monoisotopic (exact) mass is 1320 g/mol. The topological polar surface area (TPSA) is 23.9 Å². The fourth-order valence-corrected chi connectivity index (χ4v) is 26.3. The number of hydrogen-bond acceptors (Lipinski definition) is 6. The van der Waals surface area contributed by atoms with Crippen LogP contribution in [0.5, 0.6) is 0 Å². The lowest BCUT2D eigenvalue weighted by Gasteiger charge is -2.54. The van der Waals surface area contributed by atoms with Crippen molar-refractivity contribution in [3.8, 4) is 0 Å². The highest BCUT2D eigenvalue weighted by Gasteiger charge is 2.48. The van der Waals surface area contributed by atoms with E-state index < -0.39 is 7.26 Å². The van der Waals surface area contributed by atoms with Gasteiger partial charge in [-0.3, -0.25) is 29.4 Å². The summed E-state index contributed by atoms with van der Waals surface area (Å²) < 4.78 is 4.36. The Kier molecular flexibility index (Phi) is 26.4. The number of hydrogen-bond donors (Lipinski definition) is 1. The zero-order chi connectivity index (χ0) is 63.9. The third kappa shape index (κ3) is 19.3. The molecule has 11 heteroatoms. The molecular weight excluding hydrogens is 1180 g/mol. The average molecular weight is 1320 g/mol. The van der Waals surface area contributed by atoms with E-state index in [-0.39, 0.29) is 7.43 Å². The number of nitrogens with one attached hydrogen (secondary N) is 1.